The Hall–Kier alpha value is -1.44. The molecule has 0 bridgehead atoms. The van der Waals surface area contributed by atoms with Crippen LogP contribution in [0.25, 0.3) is 0 Å². The number of rotatable bonds is 4. The van der Waals surface area contributed by atoms with Gasteiger partial charge in [0.25, 0.3) is 5.91 Å². The summed E-state index contributed by atoms with van der Waals surface area (Å²) in [7, 11) is -3.01. The number of hydrogen-bond acceptors (Lipinski definition) is 5. The van der Waals surface area contributed by atoms with Gasteiger partial charge in [0.1, 0.15) is 5.82 Å². The highest BCUT2D eigenvalue weighted by molar-refractivity contribution is 7.91. The highest BCUT2D eigenvalue weighted by Crippen LogP contribution is 2.19. The van der Waals surface area contributed by atoms with Crippen LogP contribution in [0.3, 0.4) is 0 Å². The van der Waals surface area contributed by atoms with Gasteiger partial charge in [0.15, 0.2) is 9.84 Å². The van der Waals surface area contributed by atoms with E-state index in [0.717, 1.165) is 0 Å². The van der Waals surface area contributed by atoms with Crippen molar-refractivity contribution in [2.75, 3.05) is 18.1 Å². The summed E-state index contributed by atoms with van der Waals surface area (Å²) in [6.07, 6.45) is 1.16. The van der Waals surface area contributed by atoms with Crippen molar-refractivity contribution < 1.29 is 13.2 Å². The minimum atomic E-state index is -3.01. The molecule has 1 fully saturated rings. The van der Waals surface area contributed by atoms with Crippen molar-refractivity contribution in [2.24, 2.45) is 0 Å². The number of amides is 1. The van der Waals surface area contributed by atoms with Crippen LogP contribution in [0, 0.1) is 0 Å². The molecule has 2 rings (SSSR count). The molecule has 0 aromatic carbocycles. The number of carbonyl (C=O) groups is 1. The molecule has 1 N–H and O–H groups in total. The molecule has 1 amide bonds. The molecule has 1 aliphatic rings. The maximum absolute atomic E-state index is 12.3. The normalized spacial score (nSPS) is 21.5. The van der Waals surface area contributed by atoms with Crippen LogP contribution in [0.1, 0.15) is 36.7 Å². The fraction of sp³-hybridized carbons (Fsp3) is 0.727. The molecule has 8 heteroatoms. The molecule has 1 saturated heterocycles. The van der Waals surface area contributed by atoms with Gasteiger partial charge in [-0.15, -0.1) is 5.10 Å². The number of carbonyl (C=O) groups excluding carboxylic acids is 1. The zero-order chi connectivity index (χ0) is 14.0. The number of aromatic nitrogens is 3. The number of aromatic amines is 1. The third-order valence-electron chi connectivity index (χ3n) is 3.31. The second-order valence-electron chi connectivity index (χ2n) is 4.61. The number of H-pyrrole nitrogens is 1. The number of sulfone groups is 1. The predicted octanol–water partition coefficient (Wildman–Crippen LogP) is 0.0163. The highest BCUT2D eigenvalue weighted by Gasteiger charge is 2.35. The summed E-state index contributed by atoms with van der Waals surface area (Å²) in [5.74, 6) is 0.648. The van der Waals surface area contributed by atoms with Crippen molar-refractivity contribution in [1.82, 2.24) is 20.1 Å². The Morgan fingerprint density at radius 2 is 2.21 bits per heavy atom. The summed E-state index contributed by atoms with van der Waals surface area (Å²) in [6.45, 7) is 4.20. The lowest BCUT2D eigenvalue weighted by atomic mass is 10.2. The molecule has 0 radical (unpaired) electrons. The smallest absolute Gasteiger partial charge is 0.293 e. The molecule has 2 heterocycles. The molecule has 1 aliphatic heterocycles. The Kier molecular flexibility index (Phi) is 3.88. The van der Waals surface area contributed by atoms with E-state index >= 15 is 0 Å². The summed E-state index contributed by atoms with van der Waals surface area (Å²) < 4.78 is 23.0. The van der Waals surface area contributed by atoms with Crippen LogP contribution >= 0.6 is 0 Å². The van der Waals surface area contributed by atoms with Gasteiger partial charge in [-0.1, -0.05) is 6.92 Å². The third-order valence-corrected chi connectivity index (χ3v) is 5.06. The first-order valence-electron chi connectivity index (χ1n) is 6.39. The average molecular weight is 286 g/mol. The maximum Gasteiger partial charge on any atom is 0.293 e. The molecule has 19 heavy (non-hydrogen) atoms. The Labute approximate surface area is 112 Å². The first-order valence-corrected chi connectivity index (χ1v) is 8.21. The fourth-order valence-corrected chi connectivity index (χ4v) is 4.00. The molecule has 0 saturated carbocycles. The Morgan fingerprint density at radius 3 is 2.68 bits per heavy atom. The Bertz CT molecular complexity index is 566. The van der Waals surface area contributed by atoms with E-state index in [2.05, 4.69) is 15.2 Å². The van der Waals surface area contributed by atoms with E-state index in [-0.39, 0.29) is 29.3 Å². The van der Waals surface area contributed by atoms with Crippen molar-refractivity contribution in [3.63, 3.8) is 0 Å². The SMILES string of the molecule is CCc1nc(C(=O)N(CC)C2CCS(=O)(=O)C2)n[nH]1. The largest absolute Gasteiger partial charge is 0.332 e. The fourth-order valence-electron chi connectivity index (χ4n) is 2.27. The first-order chi connectivity index (χ1) is 8.96. The van der Waals surface area contributed by atoms with Crippen LogP contribution in [-0.4, -0.2) is 58.5 Å². The quantitative estimate of drug-likeness (QED) is 0.841. The van der Waals surface area contributed by atoms with Crippen LogP contribution in [0.15, 0.2) is 0 Å². The molecule has 1 aromatic rings. The van der Waals surface area contributed by atoms with Crippen molar-refractivity contribution >= 4 is 15.7 Å². The van der Waals surface area contributed by atoms with Crippen molar-refractivity contribution in [3.8, 4) is 0 Å². The molecule has 7 nitrogen and oxygen atoms in total. The molecule has 0 aliphatic carbocycles. The average Bonchev–Trinajstić information content (AvgIpc) is 2.96. The minimum absolute atomic E-state index is 0.0393. The van der Waals surface area contributed by atoms with Crippen LogP contribution in [-0.2, 0) is 16.3 Å². The van der Waals surface area contributed by atoms with E-state index in [1.165, 1.54) is 0 Å². The minimum Gasteiger partial charge on any atom is -0.332 e. The summed E-state index contributed by atoms with van der Waals surface area (Å²) >= 11 is 0. The lowest BCUT2D eigenvalue weighted by molar-refractivity contribution is 0.0696. The zero-order valence-electron chi connectivity index (χ0n) is 11.1. The van der Waals surface area contributed by atoms with Gasteiger partial charge < -0.3 is 4.90 Å². The number of hydrogen-bond donors (Lipinski definition) is 1. The topological polar surface area (TPSA) is 96.0 Å². The van der Waals surface area contributed by atoms with E-state index < -0.39 is 9.84 Å². The standard InChI is InChI=1S/C11H18N4O3S/c1-3-9-12-10(14-13-9)11(16)15(4-2)8-5-6-19(17,18)7-8/h8H,3-7H2,1-2H3,(H,12,13,14). The van der Waals surface area contributed by atoms with Gasteiger partial charge in [0.05, 0.1) is 11.5 Å². The monoisotopic (exact) mass is 286 g/mol. The molecular weight excluding hydrogens is 268 g/mol. The number of nitrogens with zero attached hydrogens (tertiary/aromatic N) is 3. The Morgan fingerprint density at radius 1 is 1.47 bits per heavy atom. The molecule has 0 spiro atoms. The van der Waals surface area contributed by atoms with Gasteiger partial charge in [-0.05, 0) is 13.3 Å². The van der Waals surface area contributed by atoms with E-state index in [1.54, 1.807) is 4.90 Å². The summed E-state index contributed by atoms with van der Waals surface area (Å²) in [5, 5.41) is 6.58. The van der Waals surface area contributed by atoms with E-state index in [0.29, 0.717) is 25.2 Å². The van der Waals surface area contributed by atoms with E-state index in [4.69, 9.17) is 0 Å². The second-order valence-corrected chi connectivity index (χ2v) is 6.84. The second kappa shape index (κ2) is 5.28. The molecule has 1 unspecified atom stereocenters. The zero-order valence-corrected chi connectivity index (χ0v) is 11.9. The lowest BCUT2D eigenvalue weighted by Crippen LogP contribution is -2.41. The predicted molar refractivity (Wildman–Crippen MR) is 69.5 cm³/mol. The first kappa shape index (κ1) is 14.0. The molecule has 1 aromatic heterocycles. The third kappa shape index (κ3) is 2.94. The molecule has 106 valence electrons. The Balaban J connectivity index is 2.15. The van der Waals surface area contributed by atoms with Crippen molar-refractivity contribution in [1.29, 1.82) is 0 Å². The molecule has 1 atom stereocenters. The number of nitrogens with one attached hydrogen (secondary N) is 1. The van der Waals surface area contributed by atoms with Gasteiger partial charge in [-0.25, -0.2) is 13.4 Å². The van der Waals surface area contributed by atoms with Crippen LogP contribution in [0.4, 0.5) is 0 Å². The molecular formula is C11H18N4O3S. The maximum atomic E-state index is 12.3. The van der Waals surface area contributed by atoms with E-state index in [9.17, 15) is 13.2 Å². The van der Waals surface area contributed by atoms with E-state index in [1.807, 2.05) is 13.8 Å². The summed E-state index contributed by atoms with van der Waals surface area (Å²) in [4.78, 5) is 17.9. The van der Waals surface area contributed by atoms with Gasteiger partial charge in [-0.2, -0.15) is 0 Å². The van der Waals surface area contributed by atoms with Gasteiger partial charge in [-0.3, -0.25) is 9.89 Å². The number of aryl methyl sites for hydroxylation is 1. The van der Waals surface area contributed by atoms with Crippen LogP contribution in [0.5, 0.6) is 0 Å². The van der Waals surface area contributed by atoms with Gasteiger partial charge >= 0.3 is 0 Å². The van der Waals surface area contributed by atoms with Crippen molar-refractivity contribution in [2.45, 2.75) is 32.7 Å². The summed E-state index contributed by atoms with van der Waals surface area (Å²) in [5.41, 5.74) is 0. The lowest BCUT2D eigenvalue weighted by Gasteiger charge is -2.25. The van der Waals surface area contributed by atoms with Crippen LogP contribution < -0.4 is 0 Å². The van der Waals surface area contributed by atoms with Gasteiger partial charge in [0.2, 0.25) is 5.82 Å². The summed E-state index contributed by atoms with van der Waals surface area (Å²) in [6, 6.07) is -0.258. The van der Waals surface area contributed by atoms with Crippen molar-refractivity contribution in [3.05, 3.63) is 11.6 Å². The highest BCUT2D eigenvalue weighted by atomic mass is 32.2. The van der Waals surface area contributed by atoms with Gasteiger partial charge in [0, 0.05) is 19.0 Å². The van der Waals surface area contributed by atoms with Crippen LogP contribution in [0.2, 0.25) is 0 Å².